The Morgan fingerprint density at radius 1 is 1.27 bits per heavy atom. The predicted octanol–water partition coefficient (Wildman–Crippen LogP) is 4.37. The lowest BCUT2D eigenvalue weighted by Crippen LogP contribution is -2.20. The fourth-order valence-electron chi connectivity index (χ4n) is 2.82. The summed E-state index contributed by atoms with van der Waals surface area (Å²) in [6, 6.07) is 11.3. The Morgan fingerprint density at radius 2 is 2.04 bits per heavy atom. The summed E-state index contributed by atoms with van der Waals surface area (Å²) in [7, 11) is 0. The normalized spacial score (nSPS) is 11.2. The van der Waals surface area contributed by atoms with E-state index in [0.29, 0.717) is 11.6 Å². The first kappa shape index (κ1) is 18.0. The van der Waals surface area contributed by atoms with Crippen LogP contribution in [-0.4, -0.2) is 15.6 Å². The lowest BCUT2D eigenvalue weighted by Gasteiger charge is -2.05. The van der Waals surface area contributed by atoms with E-state index in [4.69, 9.17) is 16.1 Å². The van der Waals surface area contributed by atoms with Crippen molar-refractivity contribution in [2.24, 2.45) is 0 Å². The van der Waals surface area contributed by atoms with Crippen LogP contribution in [0.4, 0.5) is 0 Å². The first-order valence-corrected chi connectivity index (χ1v) is 8.65. The number of aromatic nitrogens is 2. The predicted molar refractivity (Wildman–Crippen MR) is 102 cm³/mol. The van der Waals surface area contributed by atoms with Gasteiger partial charge >= 0.3 is 0 Å². The molecule has 134 valence electrons. The molecule has 0 fully saturated rings. The van der Waals surface area contributed by atoms with Gasteiger partial charge in [-0.25, -0.2) is 0 Å². The highest BCUT2D eigenvalue weighted by molar-refractivity contribution is 6.31. The van der Waals surface area contributed by atoms with Gasteiger partial charge in [0.25, 0.3) is 0 Å². The summed E-state index contributed by atoms with van der Waals surface area (Å²) in [6.07, 6.45) is 3.32. The van der Waals surface area contributed by atoms with Gasteiger partial charge in [0.05, 0.1) is 0 Å². The molecule has 6 heteroatoms. The van der Waals surface area contributed by atoms with Gasteiger partial charge in [0, 0.05) is 35.1 Å². The van der Waals surface area contributed by atoms with Crippen molar-refractivity contribution in [2.45, 2.75) is 27.3 Å². The maximum atomic E-state index is 12.1. The van der Waals surface area contributed by atoms with Gasteiger partial charge < -0.3 is 9.84 Å². The number of carbonyl (C=O) groups excluding carboxylic acids is 1. The van der Waals surface area contributed by atoms with Crippen molar-refractivity contribution in [1.29, 1.82) is 0 Å². The van der Waals surface area contributed by atoms with Crippen LogP contribution in [-0.2, 0) is 11.3 Å². The van der Waals surface area contributed by atoms with Crippen LogP contribution < -0.4 is 5.32 Å². The molecule has 0 saturated heterocycles. The van der Waals surface area contributed by atoms with E-state index in [-0.39, 0.29) is 5.91 Å². The van der Waals surface area contributed by atoms with Crippen molar-refractivity contribution in [3.8, 4) is 5.82 Å². The van der Waals surface area contributed by atoms with Gasteiger partial charge in [-0.15, -0.1) is 0 Å². The van der Waals surface area contributed by atoms with Crippen molar-refractivity contribution in [3.05, 3.63) is 75.8 Å². The molecule has 0 spiro atoms. The minimum Gasteiger partial charge on any atom is -0.360 e. The molecule has 26 heavy (non-hydrogen) atoms. The third kappa shape index (κ3) is 3.89. The smallest absolute Gasteiger partial charge is 0.244 e. The average molecular weight is 370 g/mol. The second kappa shape index (κ2) is 7.62. The van der Waals surface area contributed by atoms with Gasteiger partial charge in [-0.05, 0) is 50.1 Å². The highest BCUT2D eigenvalue weighted by Crippen LogP contribution is 2.21. The Morgan fingerprint density at radius 3 is 2.73 bits per heavy atom. The molecule has 1 N–H and O–H groups in total. The molecule has 0 aliphatic heterocycles. The first-order chi connectivity index (χ1) is 12.5. The Kier molecular flexibility index (Phi) is 5.28. The Balaban J connectivity index is 1.70. The van der Waals surface area contributed by atoms with Crippen LogP contribution in [0.2, 0.25) is 5.02 Å². The zero-order valence-electron chi connectivity index (χ0n) is 14.9. The number of hydrogen-bond donors (Lipinski definition) is 1. The van der Waals surface area contributed by atoms with Crippen molar-refractivity contribution in [3.63, 3.8) is 0 Å². The third-order valence-corrected chi connectivity index (χ3v) is 4.51. The molecule has 0 atom stereocenters. The minimum atomic E-state index is -0.174. The molecule has 1 aromatic carbocycles. The molecular weight excluding hydrogens is 350 g/mol. The standard InChI is InChI=1S/C20H20ClN3O2/c1-13-10-16(15(3)24(13)19-11-14(2)26-23-19)8-9-20(25)22-12-17-6-4-5-7-18(17)21/h4-11H,12H2,1-3H3,(H,22,25)/b9-8+. The van der Waals surface area contributed by atoms with Crippen LogP contribution in [0.5, 0.6) is 0 Å². The monoisotopic (exact) mass is 369 g/mol. The number of nitrogens with one attached hydrogen (secondary N) is 1. The van der Waals surface area contributed by atoms with E-state index in [1.54, 1.807) is 12.1 Å². The van der Waals surface area contributed by atoms with Gasteiger partial charge in [0.1, 0.15) is 5.76 Å². The molecule has 3 aromatic rings. The minimum absolute atomic E-state index is 0.174. The summed E-state index contributed by atoms with van der Waals surface area (Å²) in [5, 5.41) is 7.54. The fraction of sp³-hybridized carbons (Fsp3) is 0.200. The molecule has 2 heterocycles. The molecule has 0 aliphatic carbocycles. The van der Waals surface area contributed by atoms with Crippen molar-refractivity contribution < 1.29 is 9.32 Å². The summed E-state index contributed by atoms with van der Waals surface area (Å²) in [4.78, 5) is 12.1. The molecule has 5 nitrogen and oxygen atoms in total. The van der Waals surface area contributed by atoms with E-state index in [1.807, 2.05) is 55.7 Å². The molecule has 0 saturated carbocycles. The second-order valence-electron chi connectivity index (χ2n) is 6.10. The highest BCUT2D eigenvalue weighted by atomic mass is 35.5. The van der Waals surface area contributed by atoms with Crippen LogP contribution >= 0.6 is 11.6 Å². The maximum absolute atomic E-state index is 12.1. The maximum Gasteiger partial charge on any atom is 0.244 e. The van der Waals surface area contributed by atoms with E-state index < -0.39 is 0 Å². The molecule has 0 bridgehead atoms. The van der Waals surface area contributed by atoms with Crippen molar-refractivity contribution in [1.82, 2.24) is 15.0 Å². The summed E-state index contributed by atoms with van der Waals surface area (Å²) in [5.74, 6) is 1.32. The van der Waals surface area contributed by atoms with Gasteiger partial charge in [0.15, 0.2) is 5.82 Å². The van der Waals surface area contributed by atoms with E-state index in [9.17, 15) is 4.79 Å². The molecule has 0 aliphatic rings. The van der Waals surface area contributed by atoms with Gasteiger partial charge in [-0.1, -0.05) is 35.0 Å². The SMILES string of the molecule is Cc1cc(-n2c(C)cc(/C=C/C(=O)NCc3ccccc3Cl)c2C)no1. The Bertz CT molecular complexity index is 969. The number of benzene rings is 1. The molecule has 2 aromatic heterocycles. The summed E-state index contributed by atoms with van der Waals surface area (Å²) >= 11 is 6.10. The largest absolute Gasteiger partial charge is 0.360 e. The molecule has 0 unspecified atom stereocenters. The number of rotatable bonds is 5. The number of nitrogens with zero attached hydrogens (tertiary/aromatic N) is 2. The van der Waals surface area contributed by atoms with Gasteiger partial charge in [0.2, 0.25) is 5.91 Å². The quantitative estimate of drug-likeness (QED) is 0.679. The fourth-order valence-corrected chi connectivity index (χ4v) is 3.02. The highest BCUT2D eigenvalue weighted by Gasteiger charge is 2.12. The van der Waals surface area contributed by atoms with Crippen molar-refractivity contribution in [2.75, 3.05) is 0 Å². The summed E-state index contributed by atoms with van der Waals surface area (Å²) in [5.41, 5.74) is 3.85. The number of halogens is 1. The number of hydrogen-bond acceptors (Lipinski definition) is 3. The van der Waals surface area contributed by atoms with Crippen LogP contribution in [0, 0.1) is 20.8 Å². The van der Waals surface area contributed by atoms with Crippen LogP contribution in [0.25, 0.3) is 11.9 Å². The van der Waals surface area contributed by atoms with E-state index in [0.717, 1.165) is 34.1 Å². The third-order valence-electron chi connectivity index (χ3n) is 4.14. The van der Waals surface area contributed by atoms with Crippen molar-refractivity contribution >= 4 is 23.6 Å². The zero-order valence-corrected chi connectivity index (χ0v) is 15.7. The zero-order chi connectivity index (χ0) is 18.7. The summed E-state index contributed by atoms with van der Waals surface area (Å²) in [6.45, 7) is 6.22. The lowest BCUT2D eigenvalue weighted by atomic mass is 10.2. The second-order valence-corrected chi connectivity index (χ2v) is 6.51. The first-order valence-electron chi connectivity index (χ1n) is 8.27. The topological polar surface area (TPSA) is 60.1 Å². The van der Waals surface area contributed by atoms with Gasteiger partial charge in [-0.2, -0.15) is 0 Å². The van der Waals surface area contributed by atoms with Crippen LogP contribution in [0.15, 0.2) is 47.0 Å². The molecule has 1 amide bonds. The van der Waals surface area contributed by atoms with E-state index in [2.05, 4.69) is 10.5 Å². The number of amides is 1. The van der Waals surface area contributed by atoms with Crippen LogP contribution in [0.1, 0.15) is 28.3 Å². The Labute approximate surface area is 157 Å². The number of aryl methyl sites for hydroxylation is 2. The van der Waals surface area contributed by atoms with Gasteiger partial charge in [-0.3, -0.25) is 9.36 Å². The Hall–Kier alpha value is -2.79. The van der Waals surface area contributed by atoms with E-state index >= 15 is 0 Å². The average Bonchev–Trinajstić information content (AvgIpc) is 3.15. The summed E-state index contributed by atoms with van der Waals surface area (Å²) < 4.78 is 7.15. The molecule has 0 radical (unpaired) electrons. The van der Waals surface area contributed by atoms with Crippen LogP contribution in [0.3, 0.4) is 0 Å². The molecular formula is C20H20ClN3O2. The van der Waals surface area contributed by atoms with E-state index in [1.165, 1.54) is 6.08 Å². The molecule has 3 rings (SSSR count). The lowest BCUT2D eigenvalue weighted by molar-refractivity contribution is -0.116. The number of carbonyl (C=O) groups is 1.